The topological polar surface area (TPSA) is 55.6 Å². The van der Waals surface area contributed by atoms with Crippen LogP contribution in [-0.2, 0) is 4.79 Å². The number of hydrogen-bond acceptors (Lipinski definition) is 3. The van der Waals surface area contributed by atoms with Gasteiger partial charge in [-0.2, -0.15) is 0 Å². The number of carbonyl (C=O) groups excluding carboxylic acids is 1. The van der Waals surface area contributed by atoms with Crippen LogP contribution < -0.4 is 10.5 Å². The normalized spacial score (nSPS) is 22.6. The zero-order chi connectivity index (χ0) is 14.5. The van der Waals surface area contributed by atoms with Crippen LogP contribution in [0.5, 0.6) is 5.75 Å². The number of benzene rings is 1. The van der Waals surface area contributed by atoms with E-state index in [0.29, 0.717) is 30.6 Å². The van der Waals surface area contributed by atoms with Crippen molar-refractivity contribution in [3.8, 4) is 5.75 Å². The summed E-state index contributed by atoms with van der Waals surface area (Å²) in [6, 6.07) is 7.24. The molecule has 2 atom stereocenters. The Labute approximate surface area is 120 Å². The van der Waals surface area contributed by atoms with Crippen LogP contribution in [0.3, 0.4) is 0 Å². The Balaban J connectivity index is 1.76. The second-order valence-electron chi connectivity index (χ2n) is 5.91. The van der Waals surface area contributed by atoms with Crippen molar-refractivity contribution < 1.29 is 9.53 Å². The predicted octanol–water partition coefficient (Wildman–Crippen LogP) is 2.54. The van der Waals surface area contributed by atoms with Crippen molar-refractivity contribution in [1.29, 1.82) is 0 Å². The molecule has 1 aliphatic rings. The van der Waals surface area contributed by atoms with E-state index >= 15 is 0 Å². The van der Waals surface area contributed by atoms with Crippen molar-refractivity contribution in [2.75, 3.05) is 25.4 Å². The number of nitrogen functional groups attached to an aromatic ring is 1. The van der Waals surface area contributed by atoms with Crippen molar-refractivity contribution >= 4 is 11.6 Å². The zero-order valence-corrected chi connectivity index (χ0v) is 12.3. The average molecular weight is 276 g/mol. The molecule has 0 aromatic heterocycles. The van der Waals surface area contributed by atoms with E-state index in [2.05, 4.69) is 13.8 Å². The van der Waals surface area contributed by atoms with E-state index in [0.717, 1.165) is 18.8 Å². The van der Waals surface area contributed by atoms with Gasteiger partial charge in [-0.3, -0.25) is 4.79 Å². The third-order valence-corrected chi connectivity index (χ3v) is 3.69. The molecule has 0 aliphatic carbocycles. The van der Waals surface area contributed by atoms with Crippen LogP contribution in [0.1, 0.15) is 26.7 Å². The maximum absolute atomic E-state index is 12.2. The SMILES string of the molecule is CC1CC(C)CN(C(=O)CCOc2ccc(N)cc2)C1. The molecular formula is C16H24N2O2. The molecule has 2 N–H and O–H groups in total. The van der Waals surface area contributed by atoms with Crippen LogP contribution in [-0.4, -0.2) is 30.5 Å². The summed E-state index contributed by atoms with van der Waals surface area (Å²) in [7, 11) is 0. The Hall–Kier alpha value is -1.71. The van der Waals surface area contributed by atoms with Gasteiger partial charge in [-0.05, 0) is 42.5 Å². The maximum atomic E-state index is 12.2. The Morgan fingerprint density at radius 1 is 1.25 bits per heavy atom. The third kappa shape index (κ3) is 4.15. The van der Waals surface area contributed by atoms with Gasteiger partial charge in [0.25, 0.3) is 0 Å². The van der Waals surface area contributed by atoms with Gasteiger partial charge in [-0.15, -0.1) is 0 Å². The molecule has 4 nitrogen and oxygen atoms in total. The summed E-state index contributed by atoms with van der Waals surface area (Å²) in [6.45, 7) is 6.60. The molecule has 1 aromatic carbocycles. The number of carbonyl (C=O) groups is 1. The second kappa shape index (κ2) is 6.64. The van der Waals surface area contributed by atoms with E-state index in [1.807, 2.05) is 17.0 Å². The molecule has 0 spiro atoms. The number of nitrogens with two attached hydrogens (primary N) is 1. The summed E-state index contributed by atoms with van der Waals surface area (Å²) >= 11 is 0. The van der Waals surface area contributed by atoms with Crippen molar-refractivity contribution in [3.63, 3.8) is 0 Å². The third-order valence-electron chi connectivity index (χ3n) is 3.69. The molecule has 1 heterocycles. The van der Waals surface area contributed by atoms with Crippen LogP contribution in [0.2, 0.25) is 0 Å². The van der Waals surface area contributed by atoms with Gasteiger partial charge in [0.15, 0.2) is 0 Å². The molecule has 1 amide bonds. The molecule has 0 radical (unpaired) electrons. The van der Waals surface area contributed by atoms with Gasteiger partial charge in [0.1, 0.15) is 5.75 Å². The van der Waals surface area contributed by atoms with Crippen LogP contribution in [0.15, 0.2) is 24.3 Å². The quantitative estimate of drug-likeness (QED) is 0.860. The smallest absolute Gasteiger partial charge is 0.226 e. The predicted molar refractivity (Wildman–Crippen MR) is 80.5 cm³/mol. The lowest BCUT2D eigenvalue weighted by Gasteiger charge is -2.35. The van der Waals surface area contributed by atoms with E-state index in [4.69, 9.17) is 10.5 Å². The number of likely N-dealkylation sites (tertiary alicyclic amines) is 1. The maximum Gasteiger partial charge on any atom is 0.226 e. The second-order valence-corrected chi connectivity index (χ2v) is 5.91. The molecule has 2 rings (SSSR count). The fraction of sp³-hybridized carbons (Fsp3) is 0.562. The van der Waals surface area contributed by atoms with Crippen molar-refractivity contribution in [1.82, 2.24) is 4.90 Å². The molecule has 1 aliphatic heterocycles. The lowest BCUT2D eigenvalue weighted by atomic mass is 9.92. The summed E-state index contributed by atoms with van der Waals surface area (Å²) in [6.07, 6.45) is 1.65. The highest BCUT2D eigenvalue weighted by Crippen LogP contribution is 2.21. The van der Waals surface area contributed by atoms with Gasteiger partial charge in [0.05, 0.1) is 13.0 Å². The minimum Gasteiger partial charge on any atom is -0.493 e. The molecular weight excluding hydrogens is 252 g/mol. The molecule has 2 unspecified atom stereocenters. The number of anilines is 1. The minimum absolute atomic E-state index is 0.193. The number of rotatable bonds is 4. The lowest BCUT2D eigenvalue weighted by Crippen LogP contribution is -2.42. The van der Waals surface area contributed by atoms with Crippen molar-refractivity contribution in [3.05, 3.63) is 24.3 Å². The molecule has 0 saturated carbocycles. The van der Waals surface area contributed by atoms with Gasteiger partial charge >= 0.3 is 0 Å². The molecule has 4 heteroatoms. The largest absolute Gasteiger partial charge is 0.493 e. The molecule has 0 bridgehead atoms. The van der Waals surface area contributed by atoms with E-state index in [1.54, 1.807) is 12.1 Å². The highest BCUT2D eigenvalue weighted by atomic mass is 16.5. The number of hydrogen-bond donors (Lipinski definition) is 1. The lowest BCUT2D eigenvalue weighted by molar-refractivity contribution is -0.134. The van der Waals surface area contributed by atoms with Crippen LogP contribution in [0, 0.1) is 11.8 Å². The van der Waals surface area contributed by atoms with Gasteiger partial charge in [0, 0.05) is 18.8 Å². The van der Waals surface area contributed by atoms with E-state index < -0.39 is 0 Å². The Morgan fingerprint density at radius 3 is 2.45 bits per heavy atom. The molecule has 1 aromatic rings. The first kappa shape index (κ1) is 14.7. The van der Waals surface area contributed by atoms with E-state index in [-0.39, 0.29) is 5.91 Å². The van der Waals surface area contributed by atoms with E-state index in [9.17, 15) is 4.79 Å². The van der Waals surface area contributed by atoms with Gasteiger partial charge in [-0.25, -0.2) is 0 Å². The Morgan fingerprint density at radius 2 is 1.85 bits per heavy atom. The molecule has 110 valence electrons. The first-order chi connectivity index (χ1) is 9.54. The average Bonchev–Trinajstić information content (AvgIpc) is 2.40. The Kier molecular flexibility index (Phi) is 4.88. The molecule has 1 fully saturated rings. The van der Waals surface area contributed by atoms with Gasteiger partial charge in [-0.1, -0.05) is 13.8 Å². The number of amides is 1. The first-order valence-corrected chi connectivity index (χ1v) is 7.30. The fourth-order valence-electron chi connectivity index (χ4n) is 2.84. The van der Waals surface area contributed by atoms with Crippen molar-refractivity contribution in [2.45, 2.75) is 26.7 Å². The van der Waals surface area contributed by atoms with Crippen LogP contribution in [0.4, 0.5) is 5.69 Å². The summed E-state index contributed by atoms with van der Waals surface area (Å²) < 4.78 is 5.57. The van der Waals surface area contributed by atoms with E-state index in [1.165, 1.54) is 6.42 Å². The summed E-state index contributed by atoms with van der Waals surface area (Å²) in [4.78, 5) is 14.1. The molecule has 20 heavy (non-hydrogen) atoms. The summed E-state index contributed by atoms with van der Waals surface area (Å²) in [5.41, 5.74) is 6.32. The van der Waals surface area contributed by atoms with Crippen LogP contribution >= 0.6 is 0 Å². The number of piperidine rings is 1. The van der Waals surface area contributed by atoms with Gasteiger partial charge < -0.3 is 15.4 Å². The van der Waals surface area contributed by atoms with Crippen LogP contribution in [0.25, 0.3) is 0 Å². The summed E-state index contributed by atoms with van der Waals surface area (Å²) in [5, 5.41) is 0. The molecule has 1 saturated heterocycles. The van der Waals surface area contributed by atoms with Crippen molar-refractivity contribution in [2.24, 2.45) is 11.8 Å². The fourth-order valence-corrected chi connectivity index (χ4v) is 2.84. The number of ether oxygens (including phenoxy) is 1. The van der Waals surface area contributed by atoms with Gasteiger partial charge in [0.2, 0.25) is 5.91 Å². The Bertz CT molecular complexity index is 434. The monoisotopic (exact) mass is 276 g/mol. The zero-order valence-electron chi connectivity index (χ0n) is 12.3. The summed E-state index contributed by atoms with van der Waals surface area (Å²) in [5.74, 6) is 2.15. The minimum atomic E-state index is 0.193. The highest BCUT2D eigenvalue weighted by molar-refractivity contribution is 5.76. The highest BCUT2D eigenvalue weighted by Gasteiger charge is 2.24. The standard InChI is InChI=1S/C16H24N2O2/c1-12-9-13(2)11-18(10-12)16(19)7-8-20-15-5-3-14(17)4-6-15/h3-6,12-13H,7-11,17H2,1-2H3. The first-order valence-electron chi connectivity index (χ1n) is 7.30. The number of nitrogens with zero attached hydrogens (tertiary/aromatic N) is 1.